The Morgan fingerprint density at radius 3 is 2.19 bits per heavy atom. The number of ether oxygens (including phenoxy) is 1. The van der Waals surface area contributed by atoms with Crippen LogP contribution in [0.5, 0.6) is 0 Å². The number of aromatic nitrogens is 1. The van der Waals surface area contributed by atoms with Crippen molar-refractivity contribution in [1.29, 1.82) is 0 Å². The highest BCUT2D eigenvalue weighted by Crippen LogP contribution is 2.14. The minimum absolute atomic E-state index is 0.0125. The molecule has 0 N–H and O–H groups in total. The van der Waals surface area contributed by atoms with E-state index in [0.29, 0.717) is 0 Å². The van der Waals surface area contributed by atoms with Crippen LogP contribution in [0.15, 0.2) is 18.5 Å². The molecule has 0 aromatic carbocycles. The standard InChI is InChI=1S/C16H25NO3Si/c1-12(18)8-9-13-10-17(11-14(13)21(5,6)7)15(19)20-16(2,3)4/h8-11H,1-7H3/b9-8+. The Morgan fingerprint density at radius 2 is 1.76 bits per heavy atom. The van der Waals surface area contributed by atoms with Crippen LogP contribution < -0.4 is 5.19 Å². The number of carbonyl (C=O) groups excluding carboxylic acids is 2. The Morgan fingerprint density at radius 1 is 1.19 bits per heavy atom. The lowest BCUT2D eigenvalue weighted by Crippen LogP contribution is -2.38. The summed E-state index contributed by atoms with van der Waals surface area (Å²) in [6.45, 7) is 13.6. The number of hydrogen-bond donors (Lipinski definition) is 0. The highest BCUT2D eigenvalue weighted by Gasteiger charge is 2.24. The van der Waals surface area contributed by atoms with E-state index >= 15 is 0 Å². The fourth-order valence-electron chi connectivity index (χ4n) is 1.86. The SMILES string of the molecule is CC(=O)/C=C/c1cn(C(=O)OC(C)(C)C)cc1[Si](C)(C)C. The molecule has 1 aromatic rings. The molecule has 0 atom stereocenters. The first-order chi connectivity index (χ1) is 9.40. The van der Waals surface area contributed by atoms with E-state index < -0.39 is 19.8 Å². The van der Waals surface area contributed by atoms with E-state index in [1.54, 1.807) is 12.3 Å². The maximum Gasteiger partial charge on any atom is 0.418 e. The number of hydrogen-bond acceptors (Lipinski definition) is 3. The third-order valence-corrected chi connectivity index (χ3v) is 4.80. The van der Waals surface area contributed by atoms with Gasteiger partial charge in [0.1, 0.15) is 5.60 Å². The third kappa shape index (κ3) is 5.34. The summed E-state index contributed by atoms with van der Waals surface area (Å²) in [7, 11) is -1.62. The number of carbonyl (C=O) groups is 2. The molecule has 0 aliphatic heterocycles. The molecule has 116 valence electrons. The number of allylic oxidation sites excluding steroid dienone is 1. The van der Waals surface area contributed by atoms with Crippen LogP contribution in [0.2, 0.25) is 19.6 Å². The van der Waals surface area contributed by atoms with Gasteiger partial charge in [-0.15, -0.1) is 0 Å². The van der Waals surface area contributed by atoms with E-state index in [2.05, 4.69) is 19.6 Å². The zero-order valence-corrected chi connectivity index (χ0v) is 15.0. The van der Waals surface area contributed by atoms with Crippen molar-refractivity contribution >= 4 is 31.2 Å². The van der Waals surface area contributed by atoms with E-state index in [4.69, 9.17) is 4.74 Å². The minimum Gasteiger partial charge on any atom is -0.443 e. The molecule has 0 unspecified atom stereocenters. The zero-order chi connectivity index (χ0) is 16.4. The summed E-state index contributed by atoms with van der Waals surface area (Å²) in [5, 5.41) is 1.13. The van der Waals surface area contributed by atoms with Gasteiger partial charge in [-0.1, -0.05) is 25.7 Å². The largest absolute Gasteiger partial charge is 0.443 e. The fraction of sp³-hybridized carbons (Fsp3) is 0.500. The third-order valence-electron chi connectivity index (χ3n) is 2.77. The monoisotopic (exact) mass is 307 g/mol. The van der Waals surface area contributed by atoms with E-state index in [-0.39, 0.29) is 5.78 Å². The van der Waals surface area contributed by atoms with Crippen LogP contribution in [0.4, 0.5) is 4.79 Å². The smallest absolute Gasteiger partial charge is 0.418 e. The molecule has 1 aromatic heterocycles. The van der Waals surface area contributed by atoms with Gasteiger partial charge < -0.3 is 4.74 Å². The van der Waals surface area contributed by atoms with Crippen LogP contribution in [-0.4, -0.2) is 30.1 Å². The topological polar surface area (TPSA) is 48.3 Å². The van der Waals surface area contributed by atoms with Gasteiger partial charge in [0.05, 0.1) is 8.07 Å². The highest BCUT2D eigenvalue weighted by atomic mass is 28.3. The van der Waals surface area contributed by atoms with Crippen LogP contribution in [-0.2, 0) is 9.53 Å². The summed E-state index contributed by atoms with van der Waals surface area (Å²) in [4.78, 5) is 23.3. The Kier molecular flexibility index (Phi) is 4.99. The average Bonchev–Trinajstić information content (AvgIpc) is 2.67. The lowest BCUT2D eigenvalue weighted by molar-refractivity contribution is -0.112. The van der Waals surface area contributed by atoms with Crippen molar-refractivity contribution in [3.63, 3.8) is 0 Å². The van der Waals surface area contributed by atoms with E-state index in [0.717, 1.165) is 10.8 Å². The van der Waals surface area contributed by atoms with Crippen molar-refractivity contribution in [1.82, 2.24) is 4.57 Å². The van der Waals surface area contributed by atoms with Crippen molar-refractivity contribution in [2.45, 2.75) is 52.9 Å². The van der Waals surface area contributed by atoms with Crippen LogP contribution in [0.3, 0.4) is 0 Å². The molecule has 0 aliphatic carbocycles. The quantitative estimate of drug-likeness (QED) is 0.635. The van der Waals surface area contributed by atoms with Gasteiger partial charge in [-0.2, -0.15) is 0 Å². The van der Waals surface area contributed by atoms with Crippen molar-refractivity contribution in [2.24, 2.45) is 0 Å². The van der Waals surface area contributed by atoms with Crippen molar-refractivity contribution in [2.75, 3.05) is 0 Å². The van der Waals surface area contributed by atoms with Crippen molar-refractivity contribution in [3.05, 3.63) is 24.0 Å². The molecule has 0 saturated heterocycles. The molecule has 0 amide bonds. The molecule has 0 saturated carbocycles. The molecule has 1 heterocycles. The van der Waals surface area contributed by atoms with E-state index in [9.17, 15) is 9.59 Å². The molecule has 21 heavy (non-hydrogen) atoms. The molecule has 4 nitrogen and oxygen atoms in total. The minimum atomic E-state index is -1.62. The van der Waals surface area contributed by atoms with E-state index in [1.807, 2.05) is 27.0 Å². The Labute approximate surface area is 127 Å². The number of nitrogens with zero attached hydrogens (tertiary/aromatic N) is 1. The summed E-state index contributed by atoms with van der Waals surface area (Å²) in [6, 6.07) is 0. The molecule has 5 heteroatoms. The van der Waals surface area contributed by atoms with Gasteiger partial charge in [0.15, 0.2) is 5.78 Å². The summed E-state index contributed by atoms with van der Waals surface area (Å²) in [5.74, 6) is -0.0125. The van der Waals surface area contributed by atoms with Gasteiger partial charge in [0, 0.05) is 12.4 Å². The fourth-order valence-corrected chi connectivity index (χ4v) is 3.40. The van der Waals surface area contributed by atoms with Gasteiger partial charge in [0.25, 0.3) is 0 Å². The molecule has 0 bridgehead atoms. The van der Waals surface area contributed by atoms with Gasteiger partial charge in [0.2, 0.25) is 0 Å². The normalized spacial score (nSPS) is 12.7. The lowest BCUT2D eigenvalue weighted by Gasteiger charge is -2.19. The van der Waals surface area contributed by atoms with E-state index in [1.165, 1.54) is 17.6 Å². The van der Waals surface area contributed by atoms with Gasteiger partial charge in [-0.25, -0.2) is 4.79 Å². The maximum atomic E-state index is 12.2. The van der Waals surface area contributed by atoms with Gasteiger partial charge >= 0.3 is 6.09 Å². The summed E-state index contributed by atoms with van der Waals surface area (Å²) in [5.41, 5.74) is 0.381. The molecule has 0 spiro atoms. The Balaban J connectivity index is 3.20. The number of rotatable bonds is 3. The van der Waals surface area contributed by atoms with Crippen LogP contribution in [0, 0.1) is 0 Å². The zero-order valence-electron chi connectivity index (χ0n) is 14.0. The molecule has 1 rings (SSSR count). The van der Waals surface area contributed by atoms with Crippen molar-refractivity contribution in [3.8, 4) is 0 Å². The van der Waals surface area contributed by atoms with Crippen LogP contribution in [0.25, 0.3) is 6.08 Å². The van der Waals surface area contributed by atoms with Crippen molar-refractivity contribution < 1.29 is 14.3 Å². The van der Waals surface area contributed by atoms with Crippen LogP contribution >= 0.6 is 0 Å². The van der Waals surface area contributed by atoms with Gasteiger partial charge in [-0.3, -0.25) is 9.36 Å². The molecular formula is C16H25NO3Si. The van der Waals surface area contributed by atoms with Crippen LogP contribution in [0.1, 0.15) is 33.3 Å². The van der Waals surface area contributed by atoms with Gasteiger partial charge in [-0.05, 0) is 44.5 Å². The Hall–Kier alpha value is -1.62. The first kappa shape index (κ1) is 17.4. The first-order valence-electron chi connectivity index (χ1n) is 7.04. The highest BCUT2D eigenvalue weighted by molar-refractivity contribution is 6.89. The second-order valence-electron chi connectivity index (χ2n) is 7.21. The predicted octanol–water partition coefficient (Wildman–Crippen LogP) is 3.42. The molecule has 0 radical (unpaired) electrons. The average molecular weight is 307 g/mol. The maximum absolute atomic E-state index is 12.2. The second kappa shape index (κ2) is 6.01. The summed E-state index contributed by atoms with van der Waals surface area (Å²) < 4.78 is 6.85. The molecule has 0 aliphatic rings. The number of ketones is 1. The summed E-state index contributed by atoms with van der Waals surface area (Å²) >= 11 is 0. The molecule has 0 fully saturated rings. The summed E-state index contributed by atoms with van der Waals surface area (Å²) in [6.07, 6.45) is 6.47. The second-order valence-corrected chi connectivity index (χ2v) is 12.2. The predicted molar refractivity (Wildman–Crippen MR) is 88.8 cm³/mol. The Bertz CT molecular complexity index is 571. The molecular weight excluding hydrogens is 282 g/mol. The lowest BCUT2D eigenvalue weighted by atomic mass is 10.2. The first-order valence-corrected chi connectivity index (χ1v) is 10.5.